The Hall–Kier alpha value is -4.04. The fraction of sp³-hybridized carbons (Fsp3) is 0.176. The van der Waals surface area contributed by atoms with E-state index in [4.69, 9.17) is 12.7 Å². The van der Waals surface area contributed by atoms with Crippen LogP contribution in [0, 0.1) is 0 Å². The smallest absolute Gasteiger partial charge is 0.160 e. The van der Waals surface area contributed by atoms with E-state index < -0.39 is 6.37 Å². The van der Waals surface area contributed by atoms with Crippen LogP contribution in [0.25, 0.3) is 45.0 Å². The molecule has 0 bridgehead atoms. The summed E-state index contributed by atoms with van der Waals surface area (Å²) in [7, 11) is 0. The molecule has 2 nitrogen and oxygen atoms in total. The van der Waals surface area contributed by atoms with Crippen molar-refractivity contribution in [1.29, 1.82) is 0 Å². The molecule has 0 atom stereocenters. The minimum absolute atomic E-state index is 0.160. The lowest BCUT2D eigenvalue weighted by molar-refractivity contribution is 0.353. The van der Waals surface area contributed by atoms with Crippen molar-refractivity contribution in [3.63, 3.8) is 0 Å². The number of hydrogen-bond acceptors (Lipinski definition) is 2. The van der Waals surface area contributed by atoms with Gasteiger partial charge in [-0.05, 0) is 47.2 Å². The molecule has 7 rings (SSSR count). The Morgan fingerprint density at radius 3 is 1.81 bits per heavy atom. The van der Waals surface area contributed by atoms with Crippen molar-refractivity contribution in [1.82, 2.24) is 9.97 Å². The Labute approximate surface area is 215 Å². The van der Waals surface area contributed by atoms with Gasteiger partial charge in [0.05, 0.1) is 11.4 Å². The van der Waals surface area contributed by atoms with Gasteiger partial charge in [0.2, 0.25) is 0 Å². The Bertz CT molecular complexity index is 1580. The zero-order chi connectivity index (χ0) is 25.7. The molecular formula is C34H28N2. The molecule has 2 heteroatoms. The third-order valence-corrected chi connectivity index (χ3v) is 7.85. The maximum atomic E-state index is 8.38. The van der Waals surface area contributed by atoms with Crippen LogP contribution in [0.3, 0.4) is 0 Å². The third-order valence-electron chi connectivity index (χ3n) is 7.85. The Morgan fingerprint density at radius 2 is 1.14 bits per heavy atom. The number of hydrogen-bond donors (Lipinski definition) is 0. The lowest BCUT2D eigenvalue weighted by Gasteiger charge is -2.36. The van der Waals surface area contributed by atoms with Crippen molar-refractivity contribution in [2.24, 2.45) is 0 Å². The molecule has 1 spiro atoms. The Morgan fingerprint density at radius 1 is 0.556 bits per heavy atom. The SMILES string of the molecule is [2H]C1([2H])CCC2(CC1)c1ccccc1-c1ccc(-c3nc(-c4ccccc4)cc(-c4ccccc4)n3)cc12. The first kappa shape index (κ1) is 19.2. The maximum Gasteiger partial charge on any atom is 0.160 e. The van der Waals surface area contributed by atoms with Crippen molar-refractivity contribution >= 4 is 0 Å². The fourth-order valence-corrected chi connectivity index (χ4v) is 6.08. The molecule has 2 aliphatic carbocycles. The minimum Gasteiger partial charge on any atom is -0.228 e. The molecule has 0 aliphatic heterocycles. The number of nitrogens with zero attached hydrogens (tertiary/aromatic N) is 2. The summed E-state index contributed by atoms with van der Waals surface area (Å²) in [4.78, 5) is 10.1. The molecule has 0 N–H and O–H groups in total. The van der Waals surface area contributed by atoms with Crippen molar-refractivity contribution < 1.29 is 2.74 Å². The normalized spacial score (nSPS) is 17.7. The van der Waals surface area contributed by atoms with Gasteiger partial charge in [-0.3, -0.25) is 0 Å². The van der Waals surface area contributed by atoms with Gasteiger partial charge in [-0.15, -0.1) is 0 Å². The number of fused-ring (bicyclic) bond motifs is 5. The zero-order valence-corrected chi connectivity index (χ0v) is 20.1. The summed E-state index contributed by atoms with van der Waals surface area (Å²) < 4.78 is 16.8. The van der Waals surface area contributed by atoms with Crippen molar-refractivity contribution in [2.45, 2.75) is 37.5 Å². The van der Waals surface area contributed by atoms with Crippen LogP contribution >= 0.6 is 0 Å². The first-order valence-corrected chi connectivity index (χ1v) is 12.8. The summed E-state index contributed by atoms with van der Waals surface area (Å²) >= 11 is 0. The molecule has 1 saturated carbocycles. The summed E-state index contributed by atoms with van der Waals surface area (Å²) in [6.45, 7) is 0. The molecule has 0 radical (unpaired) electrons. The van der Waals surface area contributed by atoms with Gasteiger partial charge in [-0.1, -0.05) is 116 Å². The van der Waals surface area contributed by atoms with Gasteiger partial charge in [-0.25, -0.2) is 9.97 Å². The van der Waals surface area contributed by atoms with Crippen LogP contribution in [0.5, 0.6) is 0 Å². The van der Waals surface area contributed by atoms with Crippen LogP contribution in [-0.2, 0) is 5.41 Å². The topological polar surface area (TPSA) is 25.8 Å². The quantitative estimate of drug-likeness (QED) is 0.266. The highest BCUT2D eigenvalue weighted by atomic mass is 14.9. The average molecular weight is 467 g/mol. The van der Waals surface area contributed by atoms with E-state index in [0.717, 1.165) is 40.9 Å². The van der Waals surface area contributed by atoms with Gasteiger partial charge in [0, 0.05) is 24.8 Å². The Kier molecular flexibility index (Phi) is 4.56. The van der Waals surface area contributed by atoms with E-state index in [1.807, 2.05) is 36.4 Å². The lowest BCUT2D eigenvalue weighted by atomic mass is 9.67. The van der Waals surface area contributed by atoms with Crippen molar-refractivity contribution in [2.75, 3.05) is 0 Å². The molecule has 174 valence electrons. The van der Waals surface area contributed by atoms with Gasteiger partial charge in [0.1, 0.15) is 0 Å². The van der Waals surface area contributed by atoms with E-state index in [9.17, 15) is 0 Å². The highest BCUT2D eigenvalue weighted by molar-refractivity contribution is 5.84. The molecule has 36 heavy (non-hydrogen) atoms. The molecule has 0 saturated heterocycles. The second kappa shape index (κ2) is 8.57. The first-order valence-electron chi connectivity index (χ1n) is 13.8. The molecule has 2 aliphatic rings. The van der Waals surface area contributed by atoms with E-state index in [1.165, 1.54) is 22.3 Å². The van der Waals surface area contributed by atoms with E-state index >= 15 is 0 Å². The van der Waals surface area contributed by atoms with E-state index in [1.54, 1.807) is 0 Å². The summed E-state index contributed by atoms with van der Waals surface area (Å²) in [6.07, 6.45) is 1.67. The van der Waals surface area contributed by atoms with Crippen LogP contribution in [-0.4, -0.2) is 9.97 Å². The largest absolute Gasteiger partial charge is 0.228 e. The first-order chi connectivity index (χ1) is 18.5. The molecule has 1 fully saturated rings. The zero-order valence-electron chi connectivity index (χ0n) is 22.1. The second-order valence-electron chi connectivity index (χ2n) is 9.83. The van der Waals surface area contributed by atoms with Gasteiger partial charge < -0.3 is 0 Å². The van der Waals surface area contributed by atoms with Crippen molar-refractivity contribution in [3.05, 3.63) is 120 Å². The maximum absolute atomic E-state index is 8.38. The highest BCUT2D eigenvalue weighted by Gasteiger charge is 2.43. The predicted molar refractivity (Wildman–Crippen MR) is 148 cm³/mol. The third kappa shape index (κ3) is 3.40. The molecule has 5 aromatic rings. The lowest BCUT2D eigenvalue weighted by Crippen LogP contribution is -2.28. The fourth-order valence-electron chi connectivity index (χ4n) is 6.08. The monoisotopic (exact) mass is 466 g/mol. The molecule has 1 aromatic heterocycles. The average Bonchev–Trinajstić information content (AvgIpc) is 3.24. The molecular weight excluding hydrogens is 436 g/mol. The summed E-state index contributed by atoms with van der Waals surface area (Å²) in [6, 6.07) is 38.0. The summed E-state index contributed by atoms with van der Waals surface area (Å²) in [5.74, 6) is 0.713. The van der Waals surface area contributed by atoms with Crippen LogP contribution in [0.2, 0.25) is 0 Å². The second-order valence-corrected chi connectivity index (χ2v) is 9.83. The van der Waals surface area contributed by atoms with E-state index in [-0.39, 0.29) is 5.41 Å². The Balaban J connectivity index is 1.40. The van der Waals surface area contributed by atoms with Gasteiger partial charge in [0.25, 0.3) is 0 Å². The number of rotatable bonds is 3. The van der Waals surface area contributed by atoms with Crippen LogP contribution in [0.4, 0.5) is 0 Å². The van der Waals surface area contributed by atoms with Crippen LogP contribution < -0.4 is 0 Å². The van der Waals surface area contributed by atoms with E-state index in [0.29, 0.717) is 18.7 Å². The molecule has 1 heterocycles. The van der Waals surface area contributed by atoms with Gasteiger partial charge in [-0.2, -0.15) is 0 Å². The number of aromatic nitrogens is 2. The number of benzene rings is 4. The van der Waals surface area contributed by atoms with Crippen molar-refractivity contribution in [3.8, 4) is 45.0 Å². The van der Waals surface area contributed by atoms with E-state index in [2.05, 4.69) is 72.8 Å². The summed E-state index contributed by atoms with van der Waals surface area (Å²) in [5.41, 5.74) is 9.94. The minimum atomic E-state index is -1.10. The standard InChI is InChI=1S/C34H28N2/c1-4-12-24(13-5-1)31-23-32(25-14-6-2-7-15-25)36-33(35-31)26-18-19-28-27-16-8-9-17-29(27)34(30(28)22-26)20-10-3-11-21-34/h1-2,4-9,12-19,22-23H,3,10-11,20-21H2/i3D2. The van der Waals surface area contributed by atoms with Crippen LogP contribution in [0.1, 0.15) is 45.9 Å². The summed E-state index contributed by atoms with van der Waals surface area (Å²) in [5, 5.41) is 0. The van der Waals surface area contributed by atoms with Gasteiger partial charge in [0.15, 0.2) is 5.82 Å². The molecule has 0 amide bonds. The molecule has 0 unspecified atom stereocenters. The highest BCUT2D eigenvalue weighted by Crippen LogP contribution is 2.56. The molecule has 4 aromatic carbocycles. The van der Waals surface area contributed by atoms with Gasteiger partial charge >= 0.3 is 0 Å². The van der Waals surface area contributed by atoms with Crippen LogP contribution in [0.15, 0.2) is 109 Å². The predicted octanol–water partition coefficient (Wildman–Crippen LogP) is 8.71.